The van der Waals surface area contributed by atoms with Gasteiger partial charge in [0.1, 0.15) is 11.3 Å². The molecule has 1 amide bonds. The van der Waals surface area contributed by atoms with E-state index in [2.05, 4.69) is 5.32 Å². The van der Waals surface area contributed by atoms with Crippen LogP contribution in [0.25, 0.3) is 17.0 Å². The van der Waals surface area contributed by atoms with Crippen LogP contribution in [-0.4, -0.2) is 20.6 Å². The van der Waals surface area contributed by atoms with Crippen molar-refractivity contribution in [3.8, 4) is 0 Å². The number of para-hydroxylation sites is 1. The van der Waals surface area contributed by atoms with Crippen molar-refractivity contribution in [1.29, 1.82) is 0 Å². The summed E-state index contributed by atoms with van der Waals surface area (Å²) in [6, 6.07) is 15.4. The van der Waals surface area contributed by atoms with E-state index in [9.17, 15) is 13.2 Å². The van der Waals surface area contributed by atoms with Crippen LogP contribution in [0, 0.1) is 0 Å². The second kappa shape index (κ2) is 6.33. The molecule has 0 aliphatic carbocycles. The van der Waals surface area contributed by atoms with E-state index in [1.165, 1.54) is 18.2 Å². The summed E-state index contributed by atoms with van der Waals surface area (Å²) in [6.45, 7) is 0. The number of fused-ring (bicyclic) bond motifs is 1. The maximum Gasteiger partial charge on any atom is 0.248 e. The number of carbonyl (C=O) groups excluding carboxylic acids is 1. The molecule has 24 heavy (non-hydrogen) atoms. The second-order valence-electron chi connectivity index (χ2n) is 5.31. The van der Waals surface area contributed by atoms with Crippen molar-refractivity contribution in [2.75, 3.05) is 11.6 Å². The van der Waals surface area contributed by atoms with Gasteiger partial charge in [0, 0.05) is 23.4 Å². The zero-order valence-corrected chi connectivity index (χ0v) is 13.7. The van der Waals surface area contributed by atoms with Gasteiger partial charge in [0.05, 0.1) is 4.90 Å². The maximum absolute atomic E-state index is 11.9. The fourth-order valence-corrected chi connectivity index (χ4v) is 2.84. The molecule has 0 atom stereocenters. The number of carbonyl (C=O) groups is 1. The molecular weight excluding hydrogens is 326 g/mol. The predicted octanol–water partition coefficient (Wildman–Crippen LogP) is 3.49. The summed E-state index contributed by atoms with van der Waals surface area (Å²) >= 11 is 0. The molecule has 0 bridgehead atoms. The monoisotopic (exact) mass is 341 g/mol. The van der Waals surface area contributed by atoms with Crippen molar-refractivity contribution in [3.63, 3.8) is 0 Å². The number of furan rings is 1. The van der Waals surface area contributed by atoms with Crippen LogP contribution in [0.1, 0.15) is 5.76 Å². The number of hydrogen-bond donors (Lipinski definition) is 1. The normalized spacial score (nSPS) is 11.9. The van der Waals surface area contributed by atoms with Gasteiger partial charge in [-0.25, -0.2) is 8.42 Å². The van der Waals surface area contributed by atoms with Crippen molar-refractivity contribution < 1.29 is 17.6 Å². The Morgan fingerprint density at radius 2 is 1.79 bits per heavy atom. The van der Waals surface area contributed by atoms with E-state index in [-0.39, 0.29) is 10.8 Å². The summed E-state index contributed by atoms with van der Waals surface area (Å²) in [6.07, 6.45) is 4.08. The van der Waals surface area contributed by atoms with Crippen LogP contribution >= 0.6 is 0 Å². The fourth-order valence-electron chi connectivity index (χ4n) is 2.21. The first-order valence-electron chi connectivity index (χ1n) is 7.19. The van der Waals surface area contributed by atoms with Gasteiger partial charge in [-0.1, -0.05) is 18.2 Å². The Bertz CT molecular complexity index is 982. The number of sulfone groups is 1. The molecule has 3 rings (SSSR count). The minimum Gasteiger partial charge on any atom is -0.457 e. The molecular formula is C18H15NO4S. The van der Waals surface area contributed by atoms with Gasteiger partial charge in [-0.05, 0) is 42.5 Å². The number of rotatable bonds is 4. The summed E-state index contributed by atoms with van der Waals surface area (Å²) in [4.78, 5) is 12.1. The average molecular weight is 341 g/mol. The summed E-state index contributed by atoms with van der Waals surface area (Å²) in [5, 5.41) is 3.63. The molecule has 1 N–H and O–H groups in total. The topological polar surface area (TPSA) is 76.4 Å². The molecule has 0 radical (unpaired) electrons. The molecule has 0 aliphatic rings. The van der Waals surface area contributed by atoms with Gasteiger partial charge in [0.2, 0.25) is 5.91 Å². The molecule has 6 heteroatoms. The lowest BCUT2D eigenvalue weighted by molar-refractivity contribution is -0.111. The Morgan fingerprint density at radius 3 is 2.46 bits per heavy atom. The Balaban J connectivity index is 1.68. The van der Waals surface area contributed by atoms with Crippen molar-refractivity contribution in [2.45, 2.75) is 4.90 Å². The Morgan fingerprint density at radius 1 is 1.08 bits per heavy atom. The molecule has 1 heterocycles. The van der Waals surface area contributed by atoms with E-state index in [0.717, 1.165) is 17.2 Å². The molecule has 0 fully saturated rings. The molecule has 2 aromatic carbocycles. The fraction of sp³-hybridized carbons (Fsp3) is 0.0556. The van der Waals surface area contributed by atoms with E-state index >= 15 is 0 Å². The van der Waals surface area contributed by atoms with E-state index < -0.39 is 9.84 Å². The summed E-state index contributed by atoms with van der Waals surface area (Å²) in [5.74, 6) is 0.251. The van der Waals surface area contributed by atoms with Crippen molar-refractivity contribution in [2.24, 2.45) is 0 Å². The largest absolute Gasteiger partial charge is 0.457 e. The zero-order valence-electron chi connectivity index (χ0n) is 12.9. The molecule has 0 saturated heterocycles. The summed E-state index contributed by atoms with van der Waals surface area (Å²) in [7, 11) is -3.25. The van der Waals surface area contributed by atoms with E-state index in [1.54, 1.807) is 18.2 Å². The molecule has 0 spiro atoms. The van der Waals surface area contributed by atoms with Crippen LogP contribution < -0.4 is 5.32 Å². The number of benzene rings is 2. The minimum atomic E-state index is -3.25. The van der Waals surface area contributed by atoms with Crippen molar-refractivity contribution in [3.05, 3.63) is 66.4 Å². The Kier molecular flexibility index (Phi) is 4.22. The number of anilines is 1. The van der Waals surface area contributed by atoms with Gasteiger partial charge in [0.25, 0.3) is 0 Å². The average Bonchev–Trinajstić information content (AvgIpc) is 2.95. The van der Waals surface area contributed by atoms with Gasteiger partial charge in [-0.2, -0.15) is 0 Å². The lowest BCUT2D eigenvalue weighted by atomic mass is 10.2. The third kappa shape index (κ3) is 3.72. The lowest BCUT2D eigenvalue weighted by Gasteiger charge is -2.03. The number of nitrogens with one attached hydrogen (secondary N) is 1. The van der Waals surface area contributed by atoms with Crippen LogP contribution in [0.15, 0.2) is 70.0 Å². The molecule has 1 aromatic heterocycles. The van der Waals surface area contributed by atoms with Crippen molar-refractivity contribution >= 4 is 38.5 Å². The first-order chi connectivity index (χ1) is 11.4. The lowest BCUT2D eigenvalue weighted by Crippen LogP contribution is -2.07. The number of hydrogen-bond acceptors (Lipinski definition) is 4. The van der Waals surface area contributed by atoms with Gasteiger partial charge in [-0.15, -0.1) is 0 Å². The third-order valence-corrected chi connectivity index (χ3v) is 4.52. The van der Waals surface area contributed by atoms with E-state index in [4.69, 9.17) is 4.42 Å². The summed E-state index contributed by atoms with van der Waals surface area (Å²) < 4.78 is 28.4. The van der Waals surface area contributed by atoms with Crippen LogP contribution in [0.3, 0.4) is 0 Å². The zero-order chi connectivity index (χ0) is 17.2. The van der Waals surface area contributed by atoms with Crippen LogP contribution in [-0.2, 0) is 14.6 Å². The van der Waals surface area contributed by atoms with Crippen LogP contribution in [0.4, 0.5) is 5.69 Å². The minimum absolute atomic E-state index is 0.207. The van der Waals surface area contributed by atoms with Gasteiger partial charge in [-0.3, -0.25) is 4.79 Å². The molecule has 122 valence electrons. The molecule has 0 saturated carbocycles. The predicted molar refractivity (Wildman–Crippen MR) is 93.4 cm³/mol. The standard InChI is InChI=1S/C18H15NO4S/c1-24(21,22)16-9-6-14(7-10-16)19-18(20)11-8-15-12-13-4-2-3-5-17(13)23-15/h2-12H,1H3,(H,19,20)/b11-8+. The first kappa shape index (κ1) is 16.0. The number of amides is 1. The first-order valence-corrected chi connectivity index (χ1v) is 9.09. The van der Waals surface area contributed by atoms with Crippen LogP contribution in [0.2, 0.25) is 0 Å². The third-order valence-electron chi connectivity index (χ3n) is 3.39. The summed E-state index contributed by atoms with van der Waals surface area (Å²) in [5.41, 5.74) is 1.27. The van der Waals surface area contributed by atoms with E-state index in [1.807, 2.05) is 30.3 Å². The Labute approximate surface area is 139 Å². The SMILES string of the molecule is CS(=O)(=O)c1ccc(NC(=O)/C=C/c2cc3ccccc3o2)cc1. The highest BCUT2D eigenvalue weighted by Gasteiger charge is 2.07. The second-order valence-corrected chi connectivity index (χ2v) is 7.32. The Hall–Kier alpha value is -2.86. The van der Waals surface area contributed by atoms with Gasteiger partial charge in [0.15, 0.2) is 9.84 Å². The van der Waals surface area contributed by atoms with Crippen LogP contribution in [0.5, 0.6) is 0 Å². The highest BCUT2D eigenvalue weighted by Crippen LogP contribution is 2.19. The quantitative estimate of drug-likeness (QED) is 0.737. The van der Waals surface area contributed by atoms with Crippen molar-refractivity contribution in [1.82, 2.24) is 0 Å². The smallest absolute Gasteiger partial charge is 0.248 e. The highest BCUT2D eigenvalue weighted by molar-refractivity contribution is 7.90. The van der Waals surface area contributed by atoms with Gasteiger partial charge < -0.3 is 9.73 Å². The molecule has 0 unspecified atom stereocenters. The van der Waals surface area contributed by atoms with Gasteiger partial charge >= 0.3 is 0 Å². The molecule has 3 aromatic rings. The highest BCUT2D eigenvalue weighted by atomic mass is 32.2. The molecule has 0 aliphatic heterocycles. The van der Waals surface area contributed by atoms with E-state index in [0.29, 0.717) is 11.4 Å². The maximum atomic E-state index is 11.9. The molecule has 5 nitrogen and oxygen atoms in total.